The quantitative estimate of drug-likeness (QED) is 0.812. The molecule has 0 saturated carbocycles. The third-order valence-corrected chi connectivity index (χ3v) is 2.50. The Hall–Kier alpha value is -2.16. The van der Waals surface area contributed by atoms with Gasteiger partial charge in [-0.05, 0) is 18.2 Å². The van der Waals surface area contributed by atoms with Gasteiger partial charge in [0.15, 0.2) is 5.78 Å². The van der Waals surface area contributed by atoms with E-state index in [0.29, 0.717) is 12.0 Å². The van der Waals surface area contributed by atoms with Crippen molar-refractivity contribution in [3.63, 3.8) is 0 Å². The third kappa shape index (κ3) is 2.69. The van der Waals surface area contributed by atoms with Gasteiger partial charge in [0.25, 0.3) is 0 Å². The topological polar surface area (TPSA) is 42.0 Å². The number of hydrogen-bond donors (Lipinski definition) is 1. The van der Waals surface area contributed by atoms with Crippen LogP contribution in [0.3, 0.4) is 0 Å². The molecule has 17 heavy (non-hydrogen) atoms. The Morgan fingerprint density at radius 3 is 2.71 bits per heavy atom. The van der Waals surface area contributed by atoms with Crippen molar-refractivity contribution < 1.29 is 4.79 Å². The maximum atomic E-state index is 11.8. The highest BCUT2D eigenvalue weighted by Crippen LogP contribution is 2.20. The molecule has 86 valence electrons. The van der Waals surface area contributed by atoms with Crippen molar-refractivity contribution in [2.75, 3.05) is 5.32 Å². The molecule has 3 heteroatoms. The van der Waals surface area contributed by atoms with Gasteiger partial charge in [0.2, 0.25) is 0 Å². The molecule has 0 bridgehead atoms. The van der Waals surface area contributed by atoms with Gasteiger partial charge in [0.1, 0.15) is 0 Å². The van der Waals surface area contributed by atoms with E-state index in [1.165, 1.54) is 0 Å². The van der Waals surface area contributed by atoms with Gasteiger partial charge < -0.3 is 5.32 Å². The van der Waals surface area contributed by atoms with E-state index in [4.69, 9.17) is 0 Å². The van der Waals surface area contributed by atoms with E-state index in [-0.39, 0.29) is 5.78 Å². The van der Waals surface area contributed by atoms with Crippen molar-refractivity contribution in [3.05, 3.63) is 54.4 Å². The zero-order valence-corrected chi connectivity index (χ0v) is 9.68. The van der Waals surface area contributed by atoms with Crippen LogP contribution in [0.2, 0.25) is 0 Å². The predicted octanol–water partition coefficient (Wildman–Crippen LogP) is 3.42. The molecule has 0 spiro atoms. The smallest absolute Gasteiger partial charge is 0.164 e. The minimum Gasteiger partial charge on any atom is -0.354 e. The van der Waals surface area contributed by atoms with E-state index in [2.05, 4.69) is 10.3 Å². The summed E-state index contributed by atoms with van der Waals surface area (Å²) in [5.74, 6) is 0.117. The first kappa shape index (κ1) is 11.3. The summed E-state index contributed by atoms with van der Waals surface area (Å²) in [4.78, 5) is 15.8. The number of carbonyl (C=O) groups excluding carboxylic acids is 1. The van der Waals surface area contributed by atoms with Crippen LogP contribution >= 0.6 is 0 Å². The average molecular weight is 226 g/mol. The van der Waals surface area contributed by atoms with Crippen molar-refractivity contribution in [3.8, 4) is 0 Å². The second kappa shape index (κ2) is 5.25. The first-order chi connectivity index (χ1) is 8.31. The zero-order chi connectivity index (χ0) is 12.1. The lowest BCUT2D eigenvalue weighted by molar-refractivity contribution is 0.0989. The number of ketones is 1. The van der Waals surface area contributed by atoms with Gasteiger partial charge in [-0.3, -0.25) is 9.78 Å². The van der Waals surface area contributed by atoms with E-state index in [1.54, 1.807) is 18.5 Å². The Labute approximate surface area is 101 Å². The highest BCUT2D eigenvalue weighted by molar-refractivity contribution is 6.01. The Balaban J connectivity index is 2.30. The molecule has 0 atom stereocenters. The summed E-state index contributed by atoms with van der Waals surface area (Å²) >= 11 is 0. The molecule has 0 unspecified atom stereocenters. The molecule has 0 aliphatic heterocycles. The number of anilines is 2. The fourth-order valence-electron chi connectivity index (χ4n) is 1.60. The monoisotopic (exact) mass is 226 g/mol. The molecule has 0 amide bonds. The molecule has 1 heterocycles. The second-order valence-corrected chi connectivity index (χ2v) is 3.69. The highest BCUT2D eigenvalue weighted by Gasteiger charge is 2.09. The normalized spacial score (nSPS) is 9.94. The number of carbonyl (C=O) groups is 1. The zero-order valence-electron chi connectivity index (χ0n) is 9.68. The van der Waals surface area contributed by atoms with Crippen LogP contribution < -0.4 is 5.32 Å². The largest absolute Gasteiger partial charge is 0.354 e. The van der Waals surface area contributed by atoms with Gasteiger partial charge in [-0.15, -0.1) is 0 Å². The standard InChI is InChI=1S/C14H14N2O/c1-2-14(17)12-8-9-15-10-13(12)16-11-6-4-3-5-7-11/h3-10,16H,2H2,1H3. The minimum absolute atomic E-state index is 0.117. The number of aromatic nitrogens is 1. The fourth-order valence-corrected chi connectivity index (χ4v) is 1.60. The van der Waals surface area contributed by atoms with E-state index < -0.39 is 0 Å². The molecule has 2 aromatic rings. The number of Topliss-reactive ketones (excluding diaryl/α,β-unsaturated/α-hetero) is 1. The summed E-state index contributed by atoms with van der Waals surface area (Å²) in [5, 5.41) is 3.20. The van der Waals surface area contributed by atoms with E-state index in [1.807, 2.05) is 37.3 Å². The molecule has 1 N–H and O–H groups in total. The minimum atomic E-state index is 0.117. The summed E-state index contributed by atoms with van der Waals surface area (Å²) in [5.41, 5.74) is 2.39. The summed E-state index contributed by atoms with van der Waals surface area (Å²) in [6.07, 6.45) is 3.81. The van der Waals surface area contributed by atoms with Crippen LogP contribution in [-0.2, 0) is 0 Å². The van der Waals surface area contributed by atoms with Crippen LogP contribution in [0.1, 0.15) is 23.7 Å². The van der Waals surface area contributed by atoms with Crippen molar-refractivity contribution in [1.82, 2.24) is 4.98 Å². The van der Waals surface area contributed by atoms with Gasteiger partial charge in [0, 0.05) is 23.9 Å². The SMILES string of the molecule is CCC(=O)c1ccncc1Nc1ccccc1. The van der Waals surface area contributed by atoms with Gasteiger partial charge in [-0.2, -0.15) is 0 Å². The third-order valence-electron chi connectivity index (χ3n) is 2.50. The molecule has 0 saturated heterocycles. The number of para-hydroxylation sites is 1. The number of hydrogen-bond acceptors (Lipinski definition) is 3. The summed E-state index contributed by atoms with van der Waals surface area (Å²) < 4.78 is 0. The molecule has 1 aromatic heterocycles. The Bertz CT molecular complexity index is 509. The molecule has 3 nitrogen and oxygen atoms in total. The second-order valence-electron chi connectivity index (χ2n) is 3.69. The van der Waals surface area contributed by atoms with Crippen molar-refractivity contribution in [2.24, 2.45) is 0 Å². The summed E-state index contributed by atoms with van der Waals surface area (Å²) in [6, 6.07) is 11.5. The number of nitrogens with zero attached hydrogens (tertiary/aromatic N) is 1. The van der Waals surface area contributed by atoms with Crippen LogP contribution in [-0.4, -0.2) is 10.8 Å². The molecule has 0 aliphatic carbocycles. The number of rotatable bonds is 4. The van der Waals surface area contributed by atoms with Gasteiger partial charge in [-0.25, -0.2) is 0 Å². The van der Waals surface area contributed by atoms with Crippen LogP contribution in [0.5, 0.6) is 0 Å². The fraction of sp³-hybridized carbons (Fsp3) is 0.143. The van der Waals surface area contributed by atoms with Gasteiger partial charge in [0.05, 0.1) is 11.9 Å². The average Bonchev–Trinajstić information content (AvgIpc) is 2.40. The van der Waals surface area contributed by atoms with E-state index in [9.17, 15) is 4.79 Å². The summed E-state index contributed by atoms with van der Waals surface area (Å²) in [7, 11) is 0. The van der Waals surface area contributed by atoms with Crippen molar-refractivity contribution in [1.29, 1.82) is 0 Å². The molecule has 0 aliphatic rings. The first-order valence-corrected chi connectivity index (χ1v) is 5.60. The maximum Gasteiger partial charge on any atom is 0.164 e. The number of pyridine rings is 1. The molecule has 2 rings (SSSR count). The molecule has 0 fully saturated rings. The maximum absolute atomic E-state index is 11.8. The molecular formula is C14H14N2O. The van der Waals surface area contributed by atoms with Crippen molar-refractivity contribution >= 4 is 17.2 Å². The summed E-state index contributed by atoms with van der Waals surface area (Å²) in [6.45, 7) is 1.86. The van der Waals surface area contributed by atoms with E-state index >= 15 is 0 Å². The van der Waals surface area contributed by atoms with Gasteiger partial charge in [-0.1, -0.05) is 25.1 Å². The van der Waals surface area contributed by atoms with E-state index in [0.717, 1.165) is 11.4 Å². The first-order valence-electron chi connectivity index (χ1n) is 5.60. The Kier molecular flexibility index (Phi) is 3.50. The van der Waals surface area contributed by atoms with Crippen LogP contribution in [0, 0.1) is 0 Å². The highest BCUT2D eigenvalue weighted by atomic mass is 16.1. The Morgan fingerprint density at radius 2 is 2.00 bits per heavy atom. The number of benzene rings is 1. The number of nitrogens with one attached hydrogen (secondary N) is 1. The molecule has 0 radical (unpaired) electrons. The lowest BCUT2D eigenvalue weighted by Crippen LogP contribution is -2.03. The Morgan fingerprint density at radius 1 is 1.24 bits per heavy atom. The van der Waals surface area contributed by atoms with Crippen LogP contribution in [0.25, 0.3) is 0 Å². The molecular weight excluding hydrogens is 212 g/mol. The lowest BCUT2D eigenvalue weighted by atomic mass is 10.1. The van der Waals surface area contributed by atoms with Crippen LogP contribution in [0.15, 0.2) is 48.8 Å². The van der Waals surface area contributed by atoms with Gasteiger partial charge >= 0.3 is 0 Å². The predicted molar refractivity (Wildman–Crippen MR) is 68.6 cm³/mol. The van der Waals surface area contributed by atoms with Crippen LogP contribution in [0.4, 0.5) is 11.4 Å². The molecule has 1 aromatic carbocycles. The van der Waals surface area contributed by atoms with Crippen molar-refractivity contribution in [2.45, 2.75) is 13.3 Å². The lowest BCUT2D eigenvalue weighted by Gasteiger charge is -2.09.